The molecule has 1 unspecified atom stereocenters. The maximum atomic E-state index is 11.9. The normalized spacial score (nSPS) is 19.5. The molecule has 2 fully saturated rings. The van der Waals surface area contributed by atoms with Gasteiger partial charge in [0.25, 0.3) is 0 Å². The maximum Gasteiger partial charge on any atom is 0.319 e. The SMILES string of the molecule is N#Cc1cnn(-c2ccc(NC(=O)NCC3CC34CC4)cc2)c1N. The molecule has 2 aliphatic carbocycles. The Bertz CT molecular complexity index is 828. The maximum absolute atomic E-state index is 11.9. The molecule has 1 spiro atoms. The van der Waals surface area contributed by atoms with Crippen molar-refractivity contribution in [3.05, 3.63) is 36.0 Å². The van der Waals surface area contributed by atoms with Crippen LogP contribution in [0.2, 0.25) is 0 Å². The third-order valence-corrected chi connectivity index (χ3v) is 5.06. The van der Waals surface area contributed by atoms with Crippen LogP contribution >= 0.6 is 0 Å². The summed E-state index contributed by atoms with van der Waals surface area (Å²) in [5, 5.41) is 18.8. The van der Waals surface area contributed by atoms with Crippen LogP contribution in [0, 0.1) is 22.7 Å². The zero-order chi connectivity index (χ0) is 16.7. The van der Waals surface area contributed by atoms with E-state index in [9.17, 15) is 4.79 Å². The van der Waals surface area contributed by atoms with Crippen LogP contribution in [0.1, 0.15) is 24.8 Å². The summed E-state index contributed by atoms with van der Waals surface area (Å²) in [4.78, 5) is 11.9. The van der Waals surface area contributed by atoms with Gasteiger partial charge in [-0.1, -0.05) is 0 Å². The van der Waals surface area contributed by atoms with E-state index in [0.717, 1.165) is 12.2 Å². The standard InChI is InChI=1S/C17H18N6O/c18-8-11-9-21-23(15(11)19)14-3-1-13(2-4-14)22-16(24)20-10-12-7-17(12)5-6-17/h1-4,9,12H,5-7,10,19H2,(H2,20,22,24). The fraction of sp³-hybridized carbons (Fsp3) is 0.353. The van der Waals surface area contributed by atoms with Crippen LogP contribution in [0.25, 0.3) is 5.69 Å². The van der Waals surface area contributed by atoms with Gasteiger partial charge in [0.05, 0.1) is 11.9 Å². The number of benzene rings is 1. The number of nitrogens with zero attached hydrogens (tertiary/aromatic N) is 3. The van der Waals surface area contributed by atoms with Crippen LogP contribution in [0.15, 0.2) is 30.5 Å². The minimum absolute atomic E-state index is 0.184. The summed E-state index contributed by atoms with van der Waals surface area (Å²) < 4.78 is 1.49. The molecule has 0 radical (unpaired) electrons. The van der Waals surface area contributed by atoms with Gasteiger partial charge in [-0.15, -0.1) is 0 Å². The number of amides is 2. The number of nitrogen functional groups attached to an aromatic ring is 1. The van der Waals surface area contributed by atoms with E-state index in [-0.39, 0.29) is 6.03 Å². The molecule has 24 heavy (non-hydrogen) atoms. The van der Waals surface area contributed by atoms with Crippen molar-refractivity contribution in [1.29, 1.82) is 5.26 Å². The summed E-state index contributed by atoms with van der Waals surface area (Å²) >= 11 is 0. The molecule has 0 aliphatic heterocycles. The smallest absolute Gasteiger partial charge is 0.319 e. The van der Waals surface area contributed by atoms with Crippen LogP contribution in [0.4, 0.5) is 16.3 Å². The second kappa shape index (κ2) is 5.27. The molecule has 4 N–H and O–H groups in total. The molecule has 2 aliphatic rings. The first-order valence-corrected chi connectivity index (χ1v) is 8.00. The molecular weight excluding hydrogens is 304 g/mol. The van der Waals surface area contributed by atoms with Crippen molar-refractivity contribution in [2.45, 2.75) is 19.3 Å². The molecule has 7 nitrogen and oxygen atoms in total. The zero-order valence-corrected chi connectivity index (χ0v) is 13.1. The average molecular weight is 322 g/mol. The number of nitrogens with one attached hydrogen (secondary N) is 2. The van der Waals surface area contributed by atoms with E-state index in [1.807, 2.05) is 6.07 Å². The summed E-state index contributed by atoms with van der Waals surface area (Å²) in [6.45, 7) is 0.755. The summed E-state index contributed by atoms with van der Waals surface area (Å²) in [6.07, 6.45) is 5.34. The first-order valence-electron chi connectivity index (χ1n) is 8.00. The highest BCUT2D eigenvalue weighted by atomic mass is 16.2. The molecule has 1 heterocycles. The Morgan fingerprint density at radius 3 is 2.75 bits per heavy atom. The molecule has 1 atom stereocenters. The second-order valence-electron chi connectivity index (χ2n) is 6.61. The number of nitriles is 1. The topological polar surface area (TPSA) is 109 Å². The van der Waals surface area contributed by atoms with Crippen molar-refractivity contribution < 1.29 is 4.79 Å². The number of hydrogen-bond acceptors (Lipinski definition) is 4. The summed E-state index contributed by atoms with van der Waals surface area (Å²) in [7, 11) is 0. The highest BCUT2D eigenvalue weighted by Crippen LogP contribution is 2.70. The second-order valence-corrected chi connectivity index (χ2v) is 6.61. The van der Waals surface area contributed by atoms with E-state index in [1.54, 1.807) is 24.3 Å². The lowest BCUT2D eigenvalue weighted by Crippen LogP contribution is -2.30. The van der Waals surface area contributed by atoms with E-state index in [1.165, 1.54) is 30.1 Å². The molecule has 2 aromatic rings. The molecular formula is C17H18N6O. The predicted molar refractivity (Wildman–Crippen MR) is 89.5 cm³/mol. The number of carbonyl (C=O) groups is 1. The van der Waals surface area contributed by atoms with Gasteiger partial charge in [0.1, 0.15) is 17.5 Å². The van der Waals surface area contributed by atoms with E-state index in [0.29, 0.717) is 28.4 Å². The van der Waals surface area contributed by atoms with Gasteiger partial charge < -0.3 is 16.4 Å². The lowest BCUT2D eigenvalue weighted by molar-refractivity contribution is 0.251. The fourth-order valence-corrected chi connectivity index (χ4v) is 3.22. The molecule has 0 saturated heterocycles. The molecule has 2 saturated carbocycles. The van der Waals surface area contributed by atoms with Crippen molar-refractivity contribution in [3.63, 3.8) is 0 Å². The van der Waals surface area contributed by atoms with Crippen LogP contribution < -0.4 is 16.4 Å². The van der Waals surface area contributed by atoms with Gasteiger partial charge in [-0.3, -0.25) is 0 Å². The van der Waals surface area contributed by atoms with Crippen molar-refractivity contribution in [1.82, 2.24) is 15.1 Å². The van der Waals surface area contributed by atoms with Crippen LogP contribution in [0.3, 0.4) is 0 Å². The zero-order valence-electron chi connectivity index (χ0n) is 13.1. The largest absolute Gasteiger partial charge is 0.382 e. The molecule has 1 aromatic heterocycles. The van der Waals surface area contributed by atoms with Gasteiger partial charge in [-0.25, -0.2) is 9.48 Å². The Morgan fingerprint density at radius 1 is 1.42 bits per heavy atom. The van der Waals surface area contributed by atoms with E-state index in [4.69, 9.17) is 11.0 Å². The first-order chi connectivity index (χ1) is 11.6. The third-order valence-electron chi connectivity index (χ3n) is 5.06. The Kier molecular flexibility index (Phi) is 3.20. The van der Waals surface area contributed by atoms with Crippen LogP contribution in [0.5, 0.6) is 0 Å². The number of aromatic nitrogens is 2. The highest BCUT2D eigenvalue weighted by molar-refractivity contribution is 5.89. The number of anilines is 2. The minimum Gasteiger partial charge on any atom is -0.382 e. The van der Waals surface area contributed by atoms with Crippen LogP contribution in [-0.4, -0.2) is 22.4 Å². The number of hydrogen-bond donors (Lipinski definition) is 3. The summed E-state index contributed by atoms with van der Waals surface area (Å²) in [6, 6.07) is 8.95. The Hall–Kier alpha value is -3.01. The van der Waals surface area contributed by atoms with Gasteiger partial charge in [-0.2, -0.15) is 10.4 Å². The summed E-state index contributed by atoms with van der Waals surface area (Å²) in [5.74, 6) is 0.970. The molecule has 2 amide bonds. The quantitative estimate of drug-likeness (QED) is 0.802. The van der Waals surface area contributed by atoms with Gasteiger partial charge in [-0.05, 0) is 54.9 Å². The number of rotatable bonds is 4. The number of carbonyl (C=O) groups excluding carboxylic acids is 1. The molecule has 4 rings (SSSR count). The van der Waals surface area contributed by atoms with Crippen molar-refractivity contribution in [2.24, 2.45) is 11.3 Å². The lowest BCUT2D eigenvalue weighted by Gasteiger charge is -2.09. The Labute approximate surface area is 139 Å². The van der Waals surface area contributed by atoms with Crippen LogP contribution in [-0.2, 0) is 0 Å². The monoisotopic (exact) mass is 322 g/mol. The number of urea groups is 1. The molecule has 0 bridgehead atoms. The average Bonchev–Trinajstić information content (AvgIpc) is 3.48. The minimum atomic E-state index is -0.184. The van der Waals surface area contributed by atoms with E-state index < -0.39 is 0 Å². The van der Waals surface area contributed by atoms with Crippen molar-refractivity contribution in [2.75, 3.05) is 17.6 Å². The fourth-order valence-electron chi connectivity index (χ4n) is 3.22. The lowest BCUT2D eigenvalue weighted by atomic mass is 10.2. The number of nitrogens with two attached hydrogens (primary N) is 1. The third kappa shape index (κ3) is 2.56. The van der Waals surface area contributed by atoms with Crippen molar-refractivity contribution >= 4 is 17.5 Å². The van der Waals surface area contributed by atoms with E-state index in [2.05, 4.69) is 15.7 Å². The first kappa shape index (κ1) is 14.6. The molecule has 7 heteroatoms. The Balaban J connectivity index is 1.35. The van der Waals surface area contributed by atoms with Crippen molar-refractivity contribution in [3.8, 4) is 11.8 Å². The summed E-state index contributed by atoms with van der Waals surface area (Å²) in [5.41, 5.74) is 8.22. The van der Waals surface area contributed by atoms with Gasteiger partial charge in [0, 0.05) is 12.2 Å². The highest BCUT2D eigenvalue weighted by Gasteiger charge is 2.62. The van der Waals surface area contributed by atoms with Gasteiger partial charge in [0.2, 0.25) is 0 Å². The molecule has 1 aromatic carbocycles. The van der Waals surface area contributed by atoms with Gasteiger partial charge in [0.15, 0.2) is 0 Å². The van der Waals surface area contributed by atoms with Gasteiger partial charge >= 0.3 is 6.03 Å². The predicted octanol–water partition coefficient (Wildman–Crippen LogP) is 2.25. The Morgan fingerprint density at radius 2 is 2.17 bits per heavy atom. The molecule has 122 valence electrons. The van der Waals surface area contributed by atoms with E-state index >= 15 is 0 Å².